The van der Waals surface area contributed by atoms with Crippen LogP contribution in [0.2, 0.25) is 0 Å². The van der Waals surface area contributed by atoms with Crippen molar-refractivity contribution in [3.63, 3.8) is 0 Å². The molecular weight excluding hydrogens is 261 g/mol. The minimum absolute atomic E-state index is 0.133. The number of hydrogen-bond donors (Lipinski definition) is 2. The van der Waals surface area contributed by atoms with Crippen molar-refractivity contribution in [3.8, 4) is 0 Å². The highest BCUT2D eigenvalue weighted by molar-refractivity contribution is 5.88. The second kappa shape index (κ2) is 7.81. The lowest BCUT2D eigenvalue weighted by Crippen LogP contribution is -2.38. The molecule has 0 aliphatic rings. The smallest absolute Gasteiger partial charge is 0.352 e. The van der Waals surface area contributed by atoms with E-state index in [2.05, 4.69) is 5.32 Å². The lowest BCUT2D eigenvalue weighted by atomic mass is 10.1. The van der Waals surface area contributed by atoms with Gasteiger partial charge in [-0.15, -0.1) is 0 Å². The molecule has 0 aliphatic heterocycles. The Labute approximate surface area is 110 Å². The molecule has 110 valence electrons. The SMILES string of the molecule is C/C(=C\C(=O)NCCCNC(=O)C(F)(F)F)C(C)C. The molecular formula is C12H19F3N2O2. The molecule has 0 fully saturated rings. The molecule has 0 atom stereocenters. The molecule has 0 saturated carbocycles. The molecule has 2 N–H and O–H groups in total. The van der Waals surface area contributed by atoms with E-state index >= 15 is 0 Å². The zero-order valence-corrected chi connectivity index (χ0v) is 11.2. The van der Waals surface area contributed by atoms with Crippen LogP contribution in [0.25, 0.3) is 0 Å². The van der Waals surface area contributed by atoms with E-state index in [1.54, 1.807) is 5.32 Å². The van der Waals surface area contributed by atoms with E-state index in [1.807, 2.05) is 20.8 Å². The van der Waals surface area contributed by atoms with Crippen LogP contribution in [0.4, 0.5) is 13.2 Å². The fourth-order valence-corrected chi connectivity index (χ4v) is 1.03. The summed E-state index contributed by atoms with van der Waals surface area (Å²) in [5, 5.41) is 4.26. The highest BCUT2D eigenvalue weighted by atomic mass is 19.4. The zero-order chi connectivity index (χ0) is 15.1. The Morgan fingerprint density at radius 1 is 1.16 bits per heavy atom. The summed E-state index contributed by atoms with van der Waals surface area (Å²) in [7, 11) is 0. The van der Waals surface area contributed by atoms with Crippen LogP contribution >= 0.6 is 0 Å². The van der Waals surface area contributed by atoms with Crippen LogP contribution in [0.15, 0.2) is 11.6 Å². The van der Waals surface area contributed by atoms with Gasteiger partial charge in [0, 0.05) is 19.2 Å². The van der Waals surface area contributed by atoms with Gasteiger partial charge in [-0.05, 0) is 19.3 Å². The Kier molecular flexibility index (Phi) is 7.18. The molecule has 0 bridgehead atoms. The van der Waals surface area contributed by atoms with E-state index in [0.717, 1.165) is 5.57 Å². The van der Waals surface area contributed by atoms with E-state index in [4.69, 9.17) is 0 Å². The second-order valence-electron chi connectivity index (χ2n) is 4.44. The Morgan fingerprint density at radius 2 is 1.68 bits per heavy atom. The molecule has 0 heterocycles. The standard InChI is InChI=1S/C12H19F3N2O2/c1-8(2)9(3)7-10(18)16-5-4-6-17-11(19)12(13,14)15/h7-8H,4-6H2,1-3H3,(H,16,18)(H,17,19)/b9-7+. The summed E-state index contributed by atoms with van der Waals surface area (Å²) in [6.07, 6.45) is -3.17. The van der Waals surface area contributed by atoms with Gasteiger partial charge in [-0.2, -0.15) is 13.2 Å². The van der Waals surface area contributed by atoms with Crippen LogP contribution in [0.1, 0.15) is 27.2 Å². The Morgan fingerprint density at radius 3 is 2.16 bits per heavy atom. The molecule has 0 unspecified atom stereocenters. The van der Waals surface area contributed by atoms with Crippen molar-refractivity contribution in [1.82, 2.24) is 10.6 Å². The van der Waals surface area contributed by atoms with E-state index in [-0.39, 0.29) is 31.3 Å². The third-order valence-electron chi connectivity index (χ3n) is 2.47. The van der Waals surface area contributed by atoms with Crippen molar-refractivity contribution in [2.24, 2.45) is 5.92 Å². The van der Waals surface area contributed by atoms with Crippen LogP contribution in [0, 0.1) is 5.92 Å². The molecule has 0 aromatic rings. The largest absolute Gasteiger partial charge is 0.471 e. The molecule has 7 heteroatoms. The highest BCUT2D eigenvalue weighted by Crippen LogP contribution is 2.13. The van der Waals surface area contributed by atoms with Gasteiger partial charge >= 0.3 is 12.1 Å². The number of halogens is 3. The minimum Gasteiger partial charge on any atom is -0.352 e. The van der Waals surface area contributed by atoms with E-state index in [0.29, 0.717) is 0 Å². The molecule has 19 heavy (non-hydrogen) atoms. The molecule has 0 saturated heterocycles. The first-order valence-corrected chi connectivity index (χ1v) is 5.95. The van der Waals surface area contributed by atoms with Gasteiger partial charge < -0.3 is 10.6 Å². The van der Waals surface area contributed by atoms with Crippen LogP contribution < -0.4 is 10.6 Å². The van der Waals surface area contributed by atoms with E-state index in [1.165, 1.54) is 6.08 Å². The third-order valence-corrected chi connectivity index (χ3v) is 2.47. The van der Waals surface area contributed by atoms with Gasteiger partial charge in [0.15, 0.2) is 0 Å². The number of carbonyl (C=O) groups is 2. The summed E-state index contributed by atoms with van der Waals surface area (Å²) >= 11 is 0. The predicted octanol–water partition coefficient (Wildman–Crippen LogP) is 1.77. The Balaban J connectivity index is 3.80. The van der Waals surface area contributed by atoms with Crippen molar-refractivity contribution in [1.29, 1.82) is 0 Å². The summed E-state index contributed by atoms with van der Waals surface area (Å²) in [4.78, 5) is 21.8. The van der Waals surface area contributed by atoms with Crippen LogP contribution in [-0.2, 0) is 9.59 Å². The summed E-state index contributed by atoms with van der Waals surface area (Å²) in [6, 6.07) is 0. The minimum atomic E-state index is -4.86. The molecule has 0 aliphatic carbocycles. The molecule has 0 radical (unpaired) electrons. The summed E-state index contributed by atoms with van der Waals surface area (Å²) < 4.78 is 35.4. The van der Waals surface area contributed by atoms with Gasteiger partial charge in [-0.25, -0.2) is 0 Å². The van der Waals surface area contributed by atoms with Gasteiger partial charge in [0.2, 0.25) is 5.91 Å². The fourth-order valence-electron chi connectivity index (χ4n) is 1.03. The quantitative estimate of drug-likeness (QED) is 0.575. The van der Waals surface area contributed by atoms with Gasteiger partial charge in [0.05, 0.1) is 0 Å². The summed E-state index contributed by atoms with van der Waals surface area (Å²) in [5.74, 6) is -1.99. The first-order valence-electron chi connectivity index (χ1n) is 5.95. The fraction of sp³-hybridized carbons (Fsp3) is 0.667. The van der Waals surface area contributed by atoms with Crippen molar-refractivity contribution < 1.29 is 22.8 Å². The van der Waals surface area contributed by atoms with Crippen molar-refractivity contribution in [2.75, 3.05) is 13.1 Å². The average molecular weight is 280 g/mol. The normalized spacial score (nSPS) is 12.5. The van der Waals surface area contributed by atoms with Crippen LogP contribution in [-0.4, -0.2) is 31.1 Å². The second-order valence-corrected chi connectivity index (χ2v) is 4.44. The van der Waals surface area contributed by atoms with Gasteiger partial charge in [0.1, 0.15) is 0 Å². The van der Waals surface area contributed by atoms with E-state index < -0.39 is 12.1 Å². The number of allylic oxidation sites excluding steroid dienone is 1. The van der Waals surface area contributed by atoms with Crippen molar-refractivity contribution in [2.45, 2.75) is 33.4 Å². The molecule has 0 aromatic carbocycles. The maximum absolute atomic E-state index is 11.8. The number of amides is 2. The highest BCUT2D eigenvalue weighted by Gasteiger charge is 2.38. The first kappa shape index (κ1) is 17.5. The van der Waals surface area contributed by atoms with Gasteiger partial charge in [0.25, 0.3) is 0 Å². The van der Waals surface area contributed by atoms with Crippen molar-refractivity contribution >= 4 is 11.8 Å². The first-order chi connectivity index (χ1) is 8.64. The Bertz CT molecular complexity index is 349. The molecule has 2 amide bonds. The van der Waals surface area contributed by atoms with Crippen LogP contribution in [0.3, 0.4) is 0 Å². The van der Waals surface area contributed by atoms with Crippen LogP contribution in [0.5, 0.6) is 0 Å². The average Bonchev–Trinajstić information content (AvgIpc) is 2.26. The molecule has 0 spiro atoms. The number of alkyl halides is 3. The molecule has 0 rings (SSSR count). The topological polar surface area (TPSA) is 58.2 Å². The monoisotopic (exact) mass is 280 g/mol. The number of hydrogen-bond acceptors (Lipinski definition) is 2. The van der Waals surface area contributed by atoms with Crippen molar-refractivity contribution in [3.05, 3.63) is 11.6 Å². The number of nitrogens with one attached hydrogen (secondary N) is 2. The Hall–Kier alpha value is -1.53. The maximum atomic E-state index is 11.8. The molecule has 4 nitrogen and oxygen atoms in total. The van der Waals surface area contributed by atoms with Gasteiger partial charge in [-0.3, -0.25) is 9.59 Å². The number of carbonyl (C=O) groups excluding carboxylic acids is 2. The predicted molar refractivity (Wildman–Crippen MR) is 65.3 cm³/mol. The lowest BCUT2D eigenvalue weighted by molar-refractivity contribution is -0.173. The third kappa shape index (κ3) is 8.23. The van der Waals surface area contributed by atoms with Gasteiger partial charge in [-0.1, -0.05) is 19.4 Å². The zero-order valence-electron chi connectivity index (χ0n) is 11.2. The molecule has 0 aromatic heterocycles. The summed E-state index contributed by atoms with van der Waals surface area (Å²) in [6.45, 7) is 5.80. The maximum Gasteiger partial charge on any atom is 0.471 e. The lowest BCUT2D eigenvalue weighted by Gasteiger charge is -2.08. The van der Waals surface area contributed by atoms with E-state index in [9.17, 15) is 22.8 Å². The number of rotatable bonds is 6. The summed E-state index contributed by atoms with van der Waals surface area (Å²) in [5.41, 5.74) is 0.919.